The average Bonchev–Trinajstić information content (AvgIpc) is 2.58. The Morgan fingerprint density at radius 2 is 1.59 bits per heavy atom. The Bertz CT molecular complexity index is 469. The second-order valence-electron chi connectivity index (χ2n) is 6.90. The van der Waals surface area contributed by atoms with Gasteiger partial charge in [0.25, 0.3) is 0 Å². The summed E-state index contributed by atoms with van der Waals surface area (Å²) in [6.07, 6.45) is 9.83. The maximum atomic E-state index is 2.68. The van der Waals surface area contributed by atoms with Gasteiger partial charge in [-0.05, 0) is 42.7 Å². The molecule has 2 aliphatic rings. The fraction of sp³-hybridized carbons (Fsp3) is 0.600. The molecule has 0 N–H and O–H groups in total. The highest BCUT2D eigenvalue weighted by atomic mass is 15.3. The van der Waals surface area contributed by atoms with Crippen LogP contribution in [0, 0.1) is 5.92 Å². The number of hydrogen-bond acceptors (Lipinski definition) is 2. The lowest BCUT2D eigenvalue weighted by Crippen LogP contribution is -2.47. The number of benzene rings is 1. The summed E-state index contributed by atoms with van der Waals surface area (Å²) >= 11 is 0. The largest absolute Gasteiger partial charge is 0.301 e. The molecule has 120 valence electrons. The predicted molar refractivity (Wildman–Crippen MR) is 94.0 cm³/mol. The van der Waals surface area contributed by atoms with Gasteiger partial charge in [0.1, 0.15) is 0 Å². The first-order valence-electron chi connectivity index (χ1n) is 9.01. The van der Waals surface area contributed by atoms with Gasteiger partial charge in [-0.2, -0.15) is 0 Å². The number of hydrogen-bond donors (Lipinski definition) is 0. The van der Waals surface area contributed by atoms with Crippen molar-refractivity contribution in [1.29, 1.82) is 0 Å². The van der Waals surface area contributed by atoms with Crippen molar-refractivity contribution in [1.82, 2.24) is 9.80 Å². The zero-order valence-electron chi connectivity index (χ0n) is 14.0. The minimum atomic E-state index is 0.901. The lowest BCUT2D eigenvalue weighted by molar-refractivity contribution is 0.111. The van der Waals surface area contributed by atoms with Gasteiger partial charge in [0.15, 0.2) is 0 Å². The molecule has 0 aromatic heterocycles. The SMILES string of the molecule is CCc1ccc(CN2CCN(C[C@@H]3CC=CCC3)CC2)cc1. The van der Waals surface area contributed by atoms with Crippen molar-refractivity contribution < 1.29 is 0 Å². The zero-order valence-corrected chi connectivity index (χ0v) is 14.0. The van der Waals surface area contributed by atoms with Crippen LogP contribution in [-0.2, 0) is 13.0 Å². The summed E-state index contributed by atoms with van der Waals surface area (Å²) in [5, 5.41) is 0. The van der Waals surface area contributed by atoms with E-state index >= 15 is 0 Å². The zero-order chi connectivity index (χ0) is 15.2. The van der Waals surface area contributed by atoms with E-state index in [0.717, 1.165) is 18.9 Å². The fourth-order valence-corrected chi connectivity index (χ4v) is 3.66. The van der Waals surface area contributed by atoms with Crippen LogP contribution in [0.15, 0.2) is 36.4 Å². The predicted octanol–water partition coefficient (Wildman–Crippen LogP) is 3.72. The molecule has 0 saturated carbocycles. The molecule has 0 spiro atoms. The highest BCUT2D eigenvalue weighted by Gasteiger charge is 2.20. The number of piperazine rings is 1. The van der Waals surface area contributed by atoms with Gasteiger partial charge in [-0.15, -0.1) is 0 Å². The van der Waals surface area contributed by atoms with Crippen molar-refractivity contribution in [2.24, 2.45) is 5.92 Å². The van der Waals surface area contributed by atoms with Crippen molar-refractivity contribution in [2.75, 3.05) is 32.7 Å². The van der Waals surface area contributed by atoms with E-state index in [2.05, 4.69) is 53.1 Å². The number of aryl methyl sites for hydroxylation is 1. The summed E-state index contributed by atoms with van der Waals surface area (Å²) in [6.45, 7) is 9.57. The summed E-state index contributed by atoms with van der Waals surface area (Å²) in [7, 11) is 0. The Morgan fingerprint density at radius 3 is 2.23 bits per heavy atom. The van der Waals surface area contributed by atoms with E-state index in [1.54, 1.807) is 0 Å². The highest BCUT2D eigenvalue weighted by Crippen LogP contribution is 2.20. The first kappa shape index (κ1) is 15.8. The Morgan fingerprint density at radius 1 is 0.909 bits per heavy atom. The quantitative estimate of drug-likeness (QED) is 0.764. The maximum Gasteiger partial charge on any atom is 0.0234 e. The van der Waals surface area contributed by atoms with Crippen molar-refractivity contribution in [3.63, 3.8) is 0 Å². The van der Waals surface area contributed by atoms with Crippen molar-refractivity contribution in [3.8, 4) is 0 Å². The standard InChI is InChI=1S/C20H30N2/c1-2-18-8-10-20(11-9-18)17-22-14-12-21(13-15-22)16-19-6-4-3-5-7-19/h3-4,8-11,19H,2,5-7,12-17H2,1H3/t19-/m1/s1. The second-order valence-corrected chi connectivity index (χ2v) is 6.90. The first-order chi connectivity index (χ1) is 10.8. The molecule has 2 heteroatoms. The normalized spacial score (nSPS) is 23.8. The van der Waals surface area contributed by atoms with Gasteiger partial charge in [-0.1, -0.05) is 43.3 Å². The van der Waals surface area contributed by atoms with Crippen LogP contribution in [0.25, 0.3) is 0 Å². The average molecular weight is 298 g/mol. The molecule has 1 aromatic carbocycles. The van der Waals surface area contributed by atoms with Crippen LogP contribution in [0.3, 0.4) is 0 Å². The summed E-state index contributed by atoms with van der Waals surface area (Å²) in [5.74, 6) is 0.901. The van der Waals surface area contributed by atoms with Crippen LogP contribution in [0.1, 0.15) is 37.3 Å². The molecule has 1 aliphatic heterocycles. The van der Waals surface area contributed by atoms with Gasteiger partial charge in [-0.3, -0.25) is 4.90 Å². The minimum Gasteiger partial charge on any atom is -0.301 e. The summed E-state index contributed by atoms with van der Waals surface area (Å²) in [4.78, 5) is 5.29. The number of allylic oxidation sites excluding steroid dienone is 2. The van der Waals surface area contributed by atoms with Gasteiger partial charge in [0.05, 0.1) is 0 Å². The Balaban J connectivity index is 1.42. The third-order valence-electron chi connectivity index (χ3n) is 5.20. The van der Waals surface area contributed by atoms with Gasteiger partial charge in [0, 0.05) is 39.3 Å². The Labute approximate surface area is 135 Å². The highest BCUT2D eigenvalue weighted by molar-refractivity contribution is 5.22. The van der Waals surface area contributed by atoms with Crippen molar-refractivity contribution in [3.05, 3.63) is 47.5 Å². The van der Waals surface area contributed by atoms with E-state index in [1.165, 1.54) is 63.1 Å². The molecule has 1 saturated heterocycles. The maximum absolute atomic E-state index is 2.68. The molecular weight excluding hydrogens is 268 g/mol. The molecule has 0 bridgehead atoms. The summed E-state index contributed by atoms with van der Waals surface area (Å²) < 4.78 is 0. The molecule has 1 heterocycles. The summed E-state index contributed by atoms with van der Waals surface area (Å²) in [6, 6.07) is 9.17. The topological polar surface area (TPSA) is 6.48 Å². The summed E-state index contributed by atoms with van der Waals surface area (Å²) in [5.41, 5.74) is 2.90. The molecule has 3 rings (SSSR count). The van der Waals surface area contributed by atoms with Crippen LogP contribution in [0.2, 0.25) is 0 Å². The van der Waals surface area contributed by atoms with Crippen molar-refractivity contribution in [2.45, 2.75) is 39.2 Å². The number of rotatable bonds is 5. The van der Waals surface area contributed by atoms with E-state index < -0.39 is 0 Å². The lowest BCUT2D eigenvalue weighted by Gasteiger charge is -2.36. The van der Waals surface area contributed by atoms with Crippen molar-refractivity contribution >= 4 is 0 Å². The first-order valence-corrected chi connectivity index (χ1v) is 9.01. The van der Waals surface area contributed by atoms with E-state index in [9.17, 15) is 0 Å². The van der Waals surface area contributed by atoms with Crippen LogP contribution in [0.4, 0.5) is 0 Å². The third kappa shape index (κ3) is 4.44. The van der Waals surface area contributed by atoms with Gasteiger partial charge >= 0.3 is 0 Å². The molecule has 0 amide bonds. The second kappa shape index (κ2) is 7.94. The van der Waals surface area contributed by atoms with Crippen LogP contribution >= 0.6 is 0 Å². The molecule has 1 atom stereocenters. The van der Waals surface area contributed by atoms with Gasteiger partial charge in [0.2, 0.25) is 0 Å². The van der Waals surface area contributed by atoms with E-state index in [4.69, 9.17) is 0 Å². The van der Waals surface area contributed by atoms with Crippen LogP contribution in [-0.4, -0.2) is 42.5 Å². The number of nitrogens with zero attached hydrogens (tertiary/aromatic N) is 2. The molecular formula is C20H30N2. The fourth-order valence-electron chi connectivity index (χ4n) is 3.66. The minimum absolute atomic E-state index is 0.901. The smallest absolute Gasteiger partial charge is 0.0234 e. The molecule has 2 nitrogen and oxygen atoms in total. The Hall–Kier alpha value is -1.12. The molecule has 22 heavy (non-hydrogen) atoms. The van der Waals surface area contributed by atoms with Crippen LogP contribution in [0.5, 0.6) is 0 Å². The van der Waals surface area contributed by atoms with E-state index in [1.807, 2.05) is 0 Å². The van der Waals surface area contributed by atoms with Gasteiger partial charge in [-0.25, -0.2) is 0 Å². The lowest BCUT2D eigenvalue weighted by atomic mass is 9.94. The molecule has 1 aromatic rings. The molecule has 0 unspecified atom stereocenters. The Kier molecular flexibility index (Phi) is 5.69. The third-order valence-corrected chi connectivity index (χ3v) is 5.20. The molecule has 0 radical (unpaired) electrons. The monoisotopic (exact) mass is 298 g/mol. The van der Waals surface area contributed by atoms with Gasteiger partial charge < -0.3 is 4.90 Å². The van der Waals surface area contributed by atoms with E-state index in [0.29, 0.717) is 0 Å². The van der Waals surface area contributed by atoms with E-state index in [-0.39, 0.29) is 0 Å². The molecule has 1 fully saturated rings. The molecule has 1 aliphatic carbocycles. The van der Waals surface area contributed by atoms with Crippen LogP contribution < -0.4 is 0 Å².